The van der Waals surface area contributed by atoms with E-state index in [1.807, 2.05) is 20.8 Å². The molecular weight excluding hydrogens is 234 g/mol. The van der Waals surface area contributed by atoms with E-state index in [-0.39, 0.29) is 18.0 Å². The van der Waals surface area contributed by atoms with Gasteiger partial charge in [-0.05, 0) is 40.5 Å². The SMILES string of the molecule is CCOC(=O)N1CCC[C@H](C(=O)OC(C)(C)C)C1. The van der Waals surface area contributed by atoms with Crippen LogP contribution >= 0.6 is 0 Å². The maximum absolute atomic E-state index is 11.9. The van der Waals surface area contributed by atoms with Gasteiger partial charge in [0.1, 0.15) is 5.60 Å². The van der Waals surface area contributed by atoms with Gasteiger partial charge in [-0.3, -0.25) is 4.79 Å². The summed E-state index contributed by atoms with van der Waals surface area (Å²) >= 11 is 0. The number of likely N-dealkylation sites (tertiary alicyclic amines) is 1. The molecule has 0 aliphatic carbocycles. The van der Waals surface area contributed by atoms with Crippen molar-refractivity contribution in [2.24, 2.45) is 5.92 Å². The third-order valence-corrected chi connectivity index (χ3v) is 2.69. The van der Waals surface area contributed by atoms with Crippen LogP contribution in [0.15, 0.2) is 0 Å². The normalized spacial score (nSPS) is 20.4. The monoisotopic (exact) mass is 257 g/mol. The molecular formula is C13H23NO4. The minimum Gasteiger partial charge on any atom is -0.460 e. The van der Waals surface area contributed by atoms with Gasteiger partial charge in [0.2, 0.25) is 0 Å². The van der Waals surface area contributed by atoms with Crippen LogP contribution in [0.3, 0.4) is 0 Å². The lowest BCUT2D eigenvalue weighted by Crippen LogP contribution is -2.44. The Hall–Kier alpha value is -1.26. The Bertz CT molecular complexity index is 309. The van der Waals surface area contributed by atoms with Crippen LogP contribution < -0.4 is 0 Å². The van der Waals surface area contributed by atoms with Crippen LogP contribution in [-0.2, 0) is 14.3 Å². The van der Waals surface area contributed by atoms with Crippen molar-refractivity contribution in [1.29, 1.82) is 0 Å². The maximum Gasteiger partial charge on any atom is 0.409 e. The molecule has 0 N–H and O–H groups in total. The molecule has 18 heavy (non-hydrogen) atoms. The van der Waals surface area contributed by atoms with Crippen LogP contribution in [0.1, 0.15) is 40.5 Å². The van der Waals surface area contributed by atoms with Gasteiger partial charge >= 0.3 is 12.1 Å². The quantitative estimate of drug-likeness (QED) is 0.712. The molecule has 1 aliphatic rings. The Morgan fingerprint density at radius 2 is 2.00 bits per heavy atom. The summed E-state index contributed by atoms with van der Waals surface area (Å²) in [6.45, 7) is 8.70. The second-order valence-electron chi connectivity index (χ2n) is 5.52. The van der Waals surface area contributed by atoms with Crippen molar-refractivity contribution in [1.82, 2.24) is 4.90 Å². The van der Waals surface area contributed by atoms with Gasteiger partial charge in [-0.1, -0.05) is 0 Å². The highest BCUT2D eigenvalue weighted by Gasteiger charge is 2.32. The van der Waals surface area contributed by atoms with Crippen molar-refractivity contribution in [3.63, 3.8) is 0 Å². The summed E-state index contributed by atoms with van der Waals surface area (Å²) in [5.41, 5.74) is -0.483. The lowest BCUT2D eigenvalue weighted by molar-refractivity contribution is -0.161. The van der Waals surface area contributed by atoms with E-state index in [0.717, 1.165) is 12.8 Å². The average Bonchev–Trinajstić information content (AvgIpc) is 2.27. The molecule has 0 aromatic carbocycles. The molecule has 0 bridgehead atoms. The van der Waals surface area contributed by atoms with Gasteiger partial charge in [0.05, 0.1) is 12.5 Å². The lowest BCUT2D eigenvalue weighted by Gasteiger charge is -2.32. The number of hydrogen-bond donors (Lipinski definition) is 0. The summed E-state index contributed by atoms with van der Waals surface area (Å²) in [5, 5.41) is 0. The van der Waals surface area contributed by atoms with Gasteiger partial charge in [0.25, 0.3) is 0 Å². The molecule has 1 rings (SSSR count). The minimum absolute atomic E-state index is 0.225. The second-order valence-corrected chi connectivity index (χ2v) is 5.52. The van der Waals surface area contributed by atoms with E-state index in [1.54, 1.807) is 11.8 Å². The molecule has 5 heteroatoms. The minimum atomic E-state index is -0.483. The summed E-state index contributed by atoms with van der Waals surface area (Å²) in [4.78, 5) is 25.1. The van der Waals surface area contributed by atoms with E-state index >= 15 is 0 Å². The predicted octanol–water partition coefficient (Wildman–Crippen LogP) is 2.20. The molecule has 0 aromatic rings. The molecule has 1 atom stereocenters. The van der Waals surface area contributed by atoms with Crippen molar-refractivity contribution >= 4 is 12.1 Å². The van der Waals surface area contributed by atoms with E-state index in [2.05, 4.69) is 0 Å². The van der Waals surface area contributed by atoms with Crippen LogP contribution in [0.2, 0.25) is 0 Å². The van der Waals surface area contributed by atoms with Gasteiger partial charge < -0.3 is 14.4 Å². The first-order chi connectivity index (χ1) is 8.33. The van der Waals surface area contributed by atoms with Crippen molar-refractivity contribution in [3.05, 3.63) is 0 Å². The standard InChI is InChI=1S/C13H23NO4/c1-5-17-12(16)14-8-6-7-10(9-14)11(15)18-13(2,3)4/h10H,5-9H2,1-4H3/t10-/m0/s1. The summed E-state index contributed by atoms with van der Waals surface area (Å²) in [6.07, 6.45) is 1.24. The molecule has 0 saturated carbocycles. The van der Waals surface area contributed by atoms with E-state index in [4.69, 9.17) is 9.47 Å². The fourth-order valence-electron chi connectivity index (χ4n) is 1.94. The molecule has 0 unspecified atom stereocenters. The predicted molar refractivity (Wildman–Crippen MR) is 67.2 cm³/mol. The Morgan fingerprint density at radius 1 is 1.33 bits per heavy atom. The number of carbonyl (C=O) groups is 2. The molecule has 1 aliphatic heterocycles. The summed E-state index contributed by atoms with van der Waals surface area (Å²) < 4.78 is 10.3. The molecule has 5 nitrogen and oxygen atoms in total. The molecule has 1 saturated heterocycles. The third kappa shape index (κ3) is 4.55. The first kappa shape index (κ1) is 14.8. The van der Waals surface area contributed by atoms with E-state index in [0.29, 0.717) is 19.7 Å². The van der Waals surface area contributed by atoms with Crippen molar-refractivity contribution in [3.8, 4) is 0 Å². The van der Waals surface area contributed by atoms with Crippen molar-refractivity contribution < 1.29 is 19.1 Å². The Labute approximate surface area is 108 Å². The average molecular weight is 257 g/mol. The zero-order valence-electron chi connectivity index (χ0n) is 11.7. The molecule has 104 valence electrons. The number of ether oxygens (including phenoxy) is 2. The van der Waals surface area contributed by atoms with Gasteiger partial charge in [0, 0.05) is 13.1 Å². The van der Waals surface area contributed by atoms with Crippen LogP contribution in [0, 0.1) is 5.92 Å². The topological polar surface area (TPSA) is 55.8 Å². The van der Waals surface area contributed by atoms with Crippen molar-refractivity contribution in [2.45, 2.75) is 46.1 Å². The molecule has 1 heterocycles. The zero-order valence-corrected chi connectivity index (χ0v) is 11.7. The first-order valence-corrected chi connectivity index (χ1v) is 6.48. The summed E-state index contributed by atoms with van der Waals surface area (Å²) in [7, 11) is 0. The van der Waals surface area contributed by atoms with Crippen LogP contribution in [0.5, 0.6) is 0 Å². The third-order valence-electron chi connectivity index (χ3n) is 2.69. The number of amides is 1. The molecule has 1 fully saturated rings. The molecule has 0 aromatic heterocycles. The Morgan fingerprint density at radius 3 is 2.56 bits per heavy atom. The zero-order chi connectivity index (χ0) is 13.8. The number of hydrogen-bond acceptors (Lipinski definition) is 4. The highest BCUT2D eigenvalue weighted by Crippen LogP contribution is 2.21. The number of esters is 1. The van der Waals surface area contributed by atoms with E-state index in [9.17, 15) is 9.59 Å². The highest BCUT2D eigenvalue weighted by atomic mass is 16.6. The van der Waals surface area contributed by atoms with Gasteiger partial charge in [-0.15, -0.1) is 0 Å². The summed E-state index contributed by atoms with van der Waals surface area (Å²) in [6, 6.07) is 0. The lowest BCUT2D eigenvalue weighted by atomic mass is 9.98. The fraction of sp³-hybridized carbons (Fsp3) is 0.846. The second kappa shape index (κ2) is 6.07. The Balaban J connectivity index is 2.53. The fourth-order valence-corrected chi connectivity index (χ4v) is 1.94. The largest absolute Gasteiger partial charge is 0.460 e. The number of carbonyl (C=O) groups excluding carboxylic acids is 2. The van der Waals surface area contributed by atoms with Crippen LogP contribution in [0.4, 0.5) is 4.79 Å². The van der Waals surface area contributed by atoms with Gasteiger partial charge in [-0.2, -0.15) is 0 Å². The first-order valence-electron chi connectivity index (χ1n) is 6.48. The van der Waals surface area contributed by atoms with Crippen LogP contribution in [-0.4, -0.2) is 42.3 Å². The summed E-state index contributed by atoms with van der Waals surface area (Å²) in [5.74, 6) is -0.459. The highest BCUT2D eigenvalue weighted by molar-refractivity contribution is 5.75. The maximum atomic E-state index is 11.9. The number of piperidine rings is 1. The number of nitrogens with zero attached hydrogens (tertiary/aromatic N) is 1. The smallest absolute Gasteiger partial charge is 0.409 e. The van der Waals surface area contributed by atoms with Crippen molar-refractivity contribution in [2.75, 3.05) is 19.7 Å². The number of rotatable bonds is 2. The molecule has 1 amide bonds. The van der Waals surface area contributed by atoms with Crippen LogP contribution in [0.25, 0.3) is 0 Å². The molecule has 0 spiro atoms. The Kier molecular flexibility index (Phi) is 4.99. The van der Waals surface area contributed by atoms with E-state index in [1.165, 1.54) is 0 Å². The van der Waals surface area contributed by atoms with Gasteiger partial charge in [-0.25, -0.2) is 4.79 Å². The molecule has 0 radical (unpaired) electrons. The van der Waals surface area contributed by atoms with Gasteiger partial charge in [0.15, 0.2) is 0 Å². The van der Waals surface area contributed by atoms with E-state index < -0.39 is 5.60 Å².